The third kappa shape index (κ3) is 2.56. The molecule has 0 atom stereocenters. The van der Waals surface area contributed by atoms with Gasteiger partial charge in [0.2, 0.25) is 0 Å². The predicted molar refractivity (Wildman–Crippen MR) is 99.6 cm³/mol. The highest BCUT2D eigenvalue weighted by molar-refractivity contribution is 6.10. The van der Waals surface area contributed by atoms with Crippen LogP contribution in [0.15, 0.2) is 42.5 Å². The fourth-order valence-corrected chi connectivity index (χ4v) is 3.94. The zero-order valence-corrected chi connectivity index (χ0v) is 14.2. The summed E-state index contributed by atoms with van der Waals surface area (Å²) in [5, 5.41) is 1.15. The Bertz CT molecular complexity index is 903. The van der Waals surface area contributed by atoms with Gasteiger partial charge in [0.15, 0.2) is 5.78 Å². The molecule has 0 spiro atoms. The number of aromatic amines is 1. The lowest BCUT2D eigenvalue weighted by atomic mass is 9.91. The highest BCUT2D eigenvalue weighted by Gasteiger charge is 2.21. The summed E-state index contributed by atoms with van der Waals surface area (Å²) >= 11 is 0. The minimum atomic E-state index is 0.284. The Kier molecular flexibility index (Phi) is 3.97. The fourth-order valence-electron chi connectivity index (χ4n) is 3.94. The Morgan fingerprint density at radius 2 is 1.88 bits per heavy atom. The Labute approximate surface area is 142 Å². The first-order valence-corrected chi connectivity index (χ1v) is 9.04. The third-order valence-corrected chi connectivity index (χ3v) is 5.06. The van der Waals surface area contributed by atoms with Gasteiger partial charge in [0, 0.05) is 28.6 Å². The zero-order valence-electron chi connectivity index (χ0n) is 14.2. The molecule has 0 aliphatic heterocycles. The summed E-state index contributed by atoms with van der Waals surface area (Å²) < 4.78 is 0. The molecule has 3 aromatic rings. The molecule has 0 fully saturated rings. The minimum Gasteiger partial charge on any atom is -0.354 e. The van der Waals surface area contributed by atoms with Gasteiger partial charge in [-0.15, -0.1) is 0 Å². The lowest BCUT2D eigenvalue weighted by Crippen LogP contribution is -2.04. The number of Topliss-reactive ketones (excluding diaryl/α,β-unsaturated/α-hetero) is 1. The second kappa shape index (κ2) is 6.27. The third-order valence-electron chi connectivity index (χ3n) is 5.06. The summed E-state index contributed by atoms with van der Waals surface area (Å²) in [5.41, 5.74) is 7.13. The van der Waals surface area contributed by atoms with Crippen molar-refractivity contribution in [1.82, 2.24) is 4.98 Å². The smallest absolute Gasteiger partial charge is 0.163 e. The fraction of sp³-hybridized carbons (Fsp3) is 0.318. The standard InChI is InChI=1S/C22H23NO/c1-2-7-15-8-5-9-16(14-15)22-18-10-3-4-13-20(24)17-11-6-12-19(23-22)21(17)18/h5-6,8-9,11-12,14,23H,2-4,7,10,13H2,1H3. The van der Waals surface area contributed by atoms with Crippen LogP contribution < -0.4 is 0 Å². The molecule has 2 aromatic carbocycles. The zero-order chi connectivity index (χ0) is 16.5. The number of carbonyl (C=O) groups is 1. The first kappa shape index (κ1) is 15.2. The number of carbonyl (C=O) groups excluding carboxylic acids is 1. The highest BCUT2D eigenvalue weighted by atomic mass is 16.1. The minimum absolute atomic E-state index is 0.284. The van der Waals surface area contributed by atoms with Crippen LogP contribution in [0.5, 0.6) is 0 Å². The van der Waals surface area contributed by atoms with Crippen molar-refractivity contribution >= 4 is 16.7 Å². The van der Waals surface area contributed by atoms with Gasteiger partial charge >= 0.3 is 0 Å². The maximum atomic E-state index is 12.5. The number of hydrogen-bond donors (Lipinski definition) is 1. The molecule has 1 aromatic heterocycles. The number of nitrogens with one attached hydrogen (secondary N) is 1. The van der Waals surface area contributed by atoms with Gasteiger partial charge in [0.25, 0.3) is 0 Å². The molecule has 1 aliphatic carbocycles. The van der Waals surface area contributed by atoms with Crippen molar-refractivity contribution in [3.8, 4) is 11.3 Å². The van der Waals surface area contributed by atoms with E-state index in [4.69, 9.17) is 0 Å². The van der Waals surface area contributed by atoms with Gasteiger partial charge in [0.05, 0.1) is 0 Å². The molecule has 4 rings (SSSR count). The first-order valence-electron chi connectivity index (χ1n) is 9.04. The van der Waals surface area contributed by atoms with Crippen molar-refractivity contribution in [2.75, 3.05) is 0 Å². The number of benzene rings is 2. The molecule has 0 saturated carbocycles. The summed E-state index contributed by atoms with van der Waals surface area (Å²) in [6.07, 6.45) is 6.03. The van der Waals surface area contributed by atoms with Crippen LogP contribution in [0.25, 0.3) is 22.2 Å². The van der Waals surface area contributed by atoms with Crippen molar-refractivity contribution in [3.63, 3.8) is 0 Å². The van der Waals surface area contributed by atoms with Crippen molar-refractivity contribution in [2.24, 2.45) is 0 Å². The Morgan fingerprint density at radius 3 is 2.75 bits per heavy atom. The van der Waals surface area contributed by atoms with E-state index in [1.54, 1.807) is 0 Å². The average molecular weight is 317 g/mol. The van der Waals surface area contributed by atoms with Gasteiger partial charge in [-0.1, -0.05) is 43.7 Å². The van der Waals surface area contributed by atoms with E-state index in [9.17, 15) is 4.79 Å². The van der Waals surface area contributed by atoms with Gasteiger partial charge in [-0.2, -0.15) is 0 Å². The predicted octanol–water partition coefficient (Wildman–Crippen LogP) is 5.70. The number of aromatic nitrogens is 1. The van der Waals surface area contributed by atoms with E-state index in [-0.39, 0.29) is 5.78 Å². The number of aryl methyl sites for hydroxylation is 2. The molecule has 0 saturated heterocycles. The Hall–Kier alpha value is -2.35. The molecule has 122 valence electrons. The van der Waals surface area contributed by atoms with E-state index in [1.165, 1.54) is 22.4 Å². The second-order valence-electron chi connectivity index (χ2n) is 6.79. The maximum absolute atomic E-state index is 12.5. The number of ketones is 1. The van der Waals surface area contributed by atoms with Crippen molar-refractivity contribution in [1.29, 1.82) is 0 Å². The molecule has 0 radical (unpaired) electrons. The summed E-state index contributed by atoms with van der Waals surface area (Å²) in [6.45, 7) is 2.21. The maximum Gasteiger partial charge on any atom is 0.163 e. The summed E-state index contributed by atoms with van der Waals surface area (Å²) in [4.78, 5) is 16.1. The Balaban J connectivity index is 1.94. The Morgan fingerprint density at radius 1 is 1.04 bits per heavy atom. The van der Waals surface area contributed by atoms with Crippen molar-refractivity contribution < 1.29 is 4.79 Å². The topological polar surface area (TPSA) is 32.9 Å². The highest BCUT2D eigenvalue weighted by Crippen LogP contribution is 2.36. The first-order chi connectivity index (χ1) is 11.8. The molecular weight excluding hydrogens is 294 g/mol. The van der Waals surface area contributed by atoms with Gasteiger partial charge in [0.1, 0.15) is 0 Å². The summed E-state index contributed by atoms with van der Waals surface area (Å²) in [6, 6.07) is 14.9. The quantitative estimate of drug-likeness (QED) is 0.660. The molecular formula is C22H23NO. The van der Waals surface area contributed by atoms with Crippen LogP contribution in [-0.4, -0.2) is 10.8 Å². The van der Waals surface area contributed by atoms with Gasteiger partial charge in [-0.05, 0) is 54.5 Å². The molecule has 2 heteroatoms. The van der Waals surface area contributed by atoms with Gasteiger partial charge in [-0.3, -0.25) is 4.79 Å². The molecule has 1 heterocycles. The molecule has 0 bridgehead atoms. The lowest BCUT2D eigenvalue weighted by molar-refractivity contribution is 0.0980. The van der Waals surface area contributed by atoms with Crippen LogP contribution in [0.4, 0.5) is 0 Å². The number of H-pyrrole nitrogens is 1. The monoisotopic (exact) mass is 317 g/mol. The molecule has 1 aliphatic rings. The summed E-state index contributed by atoms with van der Waals surface area (Å²) in [5.74, 6) is 0.284. The van der Waals surface area contributed by atoms with Crippen molar-refractivity contribution in [3.05, 3.63) is 59.2 Å². The number of rotatable bonds is 3. The summed E-state index contributed by atoms with van der Waals surface area (Å²) in [7, 11) is 0. The van der Waals surface area contributed by atoms with E-state index in [1.807, 2.05) is 12.1 Å². The lowest BCUT2D eigenvalue weighted by Gasteiger charge is -2.12. The number of hydrogen-bond acceptors (Lipinski definition) is 1. The van der Waals surface area contributed by atoms with Crippen LogP contribution in [0.2, 0.25) is 0 Å². The molecule has 24 heavy (non-hydrogen) atoms. The van der Waals surface area contributed by atoms with Crippen LogP contribution in [-0.2, 0) is 12.8 Å². The van der Waals surface area contributed by atoms with Crippen LogP contribution in [0.3, 0.4) is 0 Å². The SMILES string of the molecule is CCCc1cccc(-c2[nH]c3cccc4c3c2CCCCC4=O)c1. The van der Waals surface area contributed by atoms with E-state index in [2.05, 4.69) is 42.2 Å². The van der Waals surface area contributed by atoms with Gasteiger partial charge < -0.3 is 4.98 Å². The average Bonchev–Trinajstić information content (AvgIpc) is 2.96. The van der Waals surface area contributed by atoms with Crippen molar-refractivity contribution in [2.45, 2.75) is 45.4 Å². The van der Waals surface area contributed by atoms with Crippen LogP contribution >= 0.6 is 0 Å². The molecule has 1 N–H and O–H groups in total. The molecule has 2 nitrogen and oxygen atoms in total. The largest absolute Gasteiger partial charge is 0.354 e. The van der Waals surface area contributed by atoms with E-state index < -0.39 is 0 Å². The second-order valence-corrected chi connectivity index (χ2v) is 6.79. The van der Waals surface area contributed by atoms with E-state index >= 15 is 0 Å². The molecule has 0 amide bonds. The van der Waals surface area contributed by atoms with E-state index in [0.29, 0.717) is 6.42 Å². The van der Waals surface area contributed by atoms with Crippen LogP contribution in [0, 0.1) is 0 Å². The normalized spacial score (nSPS) is 14.6. The van der Waals surface area contributed by atoms with Crippen LogP contribution in [0.1, 0.15) is 54.1 Å². The van der Waals surface area contributed by atoms with Gasteiger partial charge in [-0.25, -0.2) is 0 Å². The van der Waals surface area contributed by atoms with E-state index in [0.717, 1.165) is 48.6 Å². The molecule has 0 unspecified atom stereocenters.